The quantitative estimate of drug-likeness (QED) is 0.730. The Morgan fingerprint density at radius 3 is 2.46 bits per heavy atom. The van der Waals surface area contributed by atoms with E-state index in [0.29, 0.717) is 16.3 Å². The molecule has 154 valence electrons. The van der Waals surface area contributed by atoms with E-state index < -0.39 is 41.7 Å². The first-order chi connectivity index (χ1) is 12.9. The van der Waals surface area contributed by atoms with E-state index >= 15 is 0 Å². The Labute approximate surface area is 161 Å². The van der Waals surface area contributed by atoms with E-state index in [0.717, 1.165) is 0 Å². The van der Waals surface area contributed by atoms with Crippen LogP contribution >= 0.6 is 0 Å². The van der Waals surface area contributed by atoms with Crippen LogP contribution in [0.2, 0.25) is 0 Å². The number of esters is 1. The molecule has 2 fully saturated rings. The molecule has 0 aliphatic carbocycles. The summed E-state index contributed by atoms with van der Waals surface area (Å²) in [7, 11) is 1.45. The molecule has 0 aromatic heterocycles. The largest absolute Gasteiger partial charge is 0.497 e. The van der Waals surface area contributed by atoms with Crippen LogP contribution in [0.1, 0.15) is 38.8 Å². The highest BCUT2D eigenvalue weighted by molar-refractivity contribution is 5.82. The topological polar surface area (TPSA) is 59.1 Å². The molecule has 28 heavy (non-hydrogen) atoms. The molecule has 3 atom stereocenters. The molecule has 0 spiro atoms. The number of carbonyl (C=O) groups excluding carboxylic acids is 2. The number of hydrazine groups is 1. The highest BCUT2D eigenvalue weighted by Crippen LogP contribution is 2.50. The summed E-state index contributed by atoms with van der Waals surface area (Å²) < 4.78 is 52.5. The number of benzene rings is 1. The number of ether oxygens (including phenoxy) is 2. The summed E-state index contributed by atoms with van der Waals surface area (Å²) >= 11 is 0. The Balaban J connectivity index is 2.12. The van der Waals surface area contributed by atoms with Gasteiger partial charge in [0.25, 0.3) is 0 Å². The van der Waals surface area contributed by atoms with Gasteiger partial charge in [-0.05, 0) is 38.5 Å². The number of methoxy groups -OCH3 is 1. The average molecular weight is 400 g/mol. The standard InChI is InChI=1S/C19H23F3N2O4/c1-18(2,3)28-17(26)14-15(11-6-5-7-12(10-11)27-4)23-9-8-13(25)24(23)16(14)19(20,21)22/h5-7,10,14-16H,8-9H2,1-4H3. The van der Waals surface area contributed by atoms with Crippen LogP contribution in [0.4, 0.5) is 13.2 Å². The molecule has 2 saturated heterocycles. The number of hydrogen-bond acceptors (Lipinski definition) is 5. The van der Waals surface area contributed by atoms with Crippen molar-refractivity contribution in [1.82, 2.24) is 10.0 Å². The predicted octanol–water partition coefficient (Wildman–Crippen LogP) is 3.09. The molecule has 6 nitrogen and oxygen atoms in total. The molecular weight excluding hydrogens is 377 g/mol. The number of fused-ring (bicyclic) bond motifs is 1. The van der Waals surface area contributed by atoms with Gasteiger partial charge >= 0.3 is 12.1 Å². The number of nitrogens with zero attached hydrogens (tertiary/aromatic N) is 2. The maximum atomic E-state index is 14.0. The van der Waals surface area contributed by atoms with Gasteiger partial charge in [0, 0.05) is 13.0 Å². The first-order valence-electron chi connectivity index (χ1n) is 8.96. The Bertz CT molecular complexity index is 775. The summed E-state index contributed by atoms with van der Waals surface area (Å²) in [5.41, 5.74) is -0.500. The Morgan fingerprint density at radius 1 is 1.21 bits per heavy atom. The molecule has 1 aromatic carbocycles. The summed E-state index contributed by atoms with van der Waals surface area (Å²) in [6.07, 6.45) is -4.82. The number of carbonyl (C=O) groups is 2. The highest BCUT2D eigenvalue weighted by atomic mass is 19.4. The molecule has 2 heterocycles. The average Bonchev–Trinajstić information content (AvgIpc) is 3.11. The monoisotopic (exact) mass is 400 g/mol. The second kappa shape index (κ2) is 6.95. The van der Waals surface area contributed by atoms with E-state index in [1.807, 2.05) is 0 Å². The molecule has 0 bridgehead atoms. The van der Waals surface area contributed by atoms with Crippen molar-refractivity contribution in [1.29, 1.82) is 0 Å². The van der Waals surface area contributed by atoms with Crippen LogP contribution < -0.4 is 4.74 Å². The second-order valence-corrected chi connectivity index (χ2v) is 7.92. The lowest BCUT2D eigenvalue weighted by Crippen LogP contribution is -2.50. The van der Waals surface area contributed by atoms with Crippen molar-refractivity contribution < 1.29 is 32.2 Å². The van der Waals surface area contributed by atoms with Gasteiger partial charge in [0.1, 0.15) is 17.3 Å². The molecular formula is C19H23F3N2O4. The first kappa shape index (κ1) is 20.4. The summed E-state index contributed by atoms with van der Waals surface area (Å²) in [6, 6.07) is 3.27. The third-order valence-electron chi connectivity index (χ3n) is 4.80. The van der Waals surface area contributed by atoms with Gasteiger partial charge in [0.15, 0.2) is 6.04 Å². The van der Waals surface area contributed by atoms with Gasteiger partial charge < -0.3 is 9.47 Å². The molecule has 0 saturated carbocycles. The SMILES string of the molecule is COc1cccc(C2C(C(=O)OC(C)(C)C)C(C(F)(F)F)N3C(=O)CCN23)c1. The van der Waals surface area contributed by atoms with Crippen LogP contribution in [0.5, 0.6) is 5.75 Å². The third kappa shape index (κ3) is 3.67. The number of amides is 1. The minimum absolute atomic E-state index is 0.0336. The lowest BCUT2D eigenvalue weighted by Gasteiger charge is -2.29. The minimum atomic E-state index is -4.78. The highest BCUT2D eigenvalue weighted by Gasteiger charge is 2.65. The van der Waals surface area contributed by atoms with Crippen molar-refractivity contribution in [2.45, 2.75) is 51.1 Å². The van der Waals surface area contributed by atoms with Crippen LogP contribution in [-0.4, -0.2) is 53.4 Å². The van der Waals surface area contributed by atoms with Crippen molar-refractivity contribution in [3.63, 3.8) is 0 Å². The van der Waals surface area contributed by atoms with E-state index in [9.17, 15) is 22.8 Å². The van der Waals surface area contributed by atoms with E-state index in [-0.39, 0.29) is 13.0 Å². The van der Waals surface area contributed by atoms with Gasteiger partial charge in [-0.25, -0.2) is 5.01 Å². The van der Waals surface area contributed by atoms with Crippen molar-refractivity contribution in [3.05, 3.63) is 29.8 Å². The van der Waals surface area contributed by atoms with E-state index in [2.05, 4.69) is 0 Å². The van der Waals surface area contributed by atoms with E-state index in [1.54, 1.807) is 45.0 Å². The summed E-state index contributed by atoms with van der Waals surface area (Å²) in [4.78, 5) is 25.1. The van der Waals surface area contributed by atoms with Crippen LogP contribution in [0, 0.1) is 5.92 Å². The zero-order chi connectivity index (χ0) is 20.9. The molecule has 9 heteroatoms. The third-order valence-corrected chi connectivity index (χ3v) is 4.80. The number of rotatable bonds is 3. The van der Waals surface area contributed by atoms with Gasteiger partial charge in [-0.15, -0.1) is 0 Å². The predicted molar refractivity (Wildman–Crippen MR) is 93.1 cm³/mol. The van der Waals surface area contributed by atoms with Gasteiger partial charge in [0.2, 0.25) is 5.91 Å². The Kier molecular flexibility index (Phi) is 5.07. The fraction of sp³-hybridized carbons (Fsp3) is 0.579. The zero-order valence-electron chi connectivity index (χ0n) is 16.1. The minimum Gasteiger partial charge on any atom is -0.497 e. The molecule has 1 aromatic rings. The Morgan fingerprint density at radius 2 is 1.89 bits per heavy atom. The smallest absolute Gasteiger partial charge is 0.411 e. The van der Waals surface area contributed by atoms with Crippen LogP contribution in [0.25, 0.3) is 0 Å². The fourth-order valence-electron chi connectivity index (χ4n) is 3.85. The van der Waals surface area contributed by atoms with Gasteiger partial charge in [-0.1, -0.05) is 12.1 Å². The summed E-state index contributed by atoms with van der Waals surface area (Å²) in [5.74, 6) is -2.78. The second-order valence-electron chi connectivity index (χ2n) is 7.92. The Hall–Kier alpha value is -2.29. The maximum absolute atomic E-state index is 14.0. The fourth-order valence-corrected chi connectivity index (χ4v) is 3.85. The lowest BCUT2D eigenvalue weighted by molar-refractivity contribution is -0.207. The van der Waals surface area contributed by atoms with Crippen LogP contribution in [0.15, 0.2) is 24.3 Å². The van der Waals surface area contributed by atoms with E-state index in [1.165, 1.54) is 12.1 Å². The molecule has 3 unspecified atom stereocenters. The lowest BCUT2D eigenvalue weighted by atomic mass is 9.87. The zero-order valence-corrected chi connectivity index (χ0v) is 16.1. The van der Waals surface area contributed by atoms with Gasteiger partial charge in [0.05, 0.1) is 13.2 Å². The van der Waals surface area contributed by atoms with E-state index in [4.69, 9.17) is 9.47 Å². The molecule has 3 rings (SSSR count). The van der Waals surface area contributed by atoms with Crippen molar-refractivity contribution in [2.75, 3.05) is 13.7 Å². The maximum Gasteiger partial charge on any atom is 0.411 e. The molecule has 1 amide bonds. The van der Waals surface area contributed by atoms with Gasteiger partial charge in [-0.3, -0.25) is 14.6 Å². The van der Waals surface area contributed by atoms with Crippen LogP contribution in [0.3, 0.4) is 0 Å². The summed E-state index contributed by atoms with van der Waals surface area (Å²) in [6.45, 7) is 4.88. The normalized spacial score (nSPS) is 25.8. The number of halogens is 3. The molecule has 2 aliphatic rings. The first-order valence-corrected chi connectivity index (χ1v) is 8.96. The van der Waals surface area contributed by atoms with Crippen molar-refractivity contribution >= 4 is 11.9 Å². The van der Waals surface area contributed by atoms with Crippen molar-refractivity contribution in [2.24, 2.45) is 5.92 Å². The number of hydrogen-bond donors (Lipinski definition) is 0. The van der Waals surface area contributed by atoms with Gasteiger partial charge in [-0.2, -0.15) is 13.2 Å². The van der Waals surface area contributed by atoms with Crippen molar-refractivity contribution in [3.8, 4) is 5.75 Å². The molecule has 0 N–H and O–H groups in total. The summed E-state index contributed by atoms with van der Waals surface area (Å²) in [5, 5.41) is 2.03. The molecule has 0 radical (unpaired) electrons. The number of alkyl halides is 3. The van der Waals surface area contributed by atoms with Crippen LogP contribution in [-0.2, 0) is 14.3 Å². The molecule has 2 aliphatic heterocycles.